The van der Waals surface area contributed by atoms with Crippen LogP contribution in [0, 0.1) is 56.2 Å². The Hall–Kier alpha value is -1.60. The molecule has 0 aromatic carbocycles. The summed E-state index contributed by atoms with van der Waals surface area (Å²) in [5, 5.41) is 30.4. The number of carbonyl (C=O) groups excluding carboxylic acids is 1. The standard InChI is InChI=1S/C34H55NO3/c1-23-20-30(4,5)14-16-34(23,12-10-18-36)17-15-31(6,7)33(9)13-11-27-25(3)29(38)26(22-35)21-32(27,8)28(33)19-24(2)37/h19,23,25,27,36,38H,10-18,20-21H2,1-9H3/b28-19-/t23?,25-,27-,32-,33+,34+/m0/s1. The lowest BCUT2D eigenvalue weighted by molar-refractivity contribution is -0.113. The van der Waals surface area contributed by atoms with Gasteiger partial charge in [0.25, 0.3) is 0 Å². The molecule has 0 heterocycles. The van der Waals surface area contributed by atoms with E-state index in [0.717, 1.165) is 38.5 Å². The number of hydrogen-bond donors (Lipinski definition) is 2. The van der Waals surface area contributed by atoms with Crippen LogP contribution < -0.4 is 0 Å². The molecule has 2 N–H and O–H groups in total. The number of allylic oxidation sites excluding steroid dienone is 4. The average molecular weight is 526 g/mol. The van der Waals surface area contributed by atoms with Crippen LogP contribution >= 0.6 is 0 Å². The number of nitriles is 1. The van der Waals surface area contributed by atoms with Crippen molar-refractivity contribution in [1.29, 1.82) is 5.26 Å². The molecule has 0 aromatic heterocycles. The number of aliphatic hydroxyl groups excluding tert-OH is 2. The molecule has 0 aromatic rings. The van der Waals surface area contributed by atoms with Gasteiger partial charge in [-0.05, 0) is 116 Å². The number of aliphatic hydroxyl groups is 2. The SMILES string of the molecule is CC(=O)/C=C1/[C@@]2(C)CC(C#N)=C(O)[C@@H](C)[C@@H]2CC[C@@]1(C)C(C)(C)CC[C@@]1(CCCO)CCC(C)(C)CC1C. The Balaban J connectivity index is 1.99. The smallest absolute Gasteiger partial charge is 0.152 e. The Morgan fingerprint density at radius 1 is 1.13 bits per heavy atom. The number of rotatable bonds is 8. The third-order valence-corrected chi connectivity index (χ3v) is 12.1. The van der Waals surface area contributed by atoms with Gasteiger partial charge in [-0.15, -0.1) is 0 Å². The molecule has 214 valence electrons. The van der Waals surface area contributed by atoms with E-state index < -0.39 is 0 Å². The predicted octanol–water partition coefficient (Wildman–Crippen LogP) is 8.71. The van der Waals surface area contributed by atoms with E-state index in [-0.39, 0.29) is 51.6 Å². The molecule has 2 saturated carbocycles. The fraction of sp³-hybridized carbons (Fsp3) is 0.824. The molecular formula is C34H55NO3. The zero-order valence-electron chi connectivity index (χ0n) is 25.8. The van der Waals surface area contributed by atoms with Crippen molar-refractivity contribution in [3.05, 3.63) is 23.0 Å². The fourth-order valence-corrected chi connectivity index (χ4v) is 9.12. The van der Waals surface area contributed by atoms with Crippen molar-refractivity contribution in [2.45, 2.75) is 127 Å². The first-order chi connectivity index (χ1) is 17.5. The Kier molecular flexibility index (Phi) is 8.76. The van der Waals surface area contributed by atoms with E-state index in [1.54, 1.807) is 6.92 Å². The molecular weight excluding hydrogens is 470 g/mol. The van der Waals surface area contributed by atoms with Crippen molar-refractivity contribution in [1.82, 2.24) is 0 Å². The van der Waals surface area contributed by atoms with E-state index in [9.17, 15) is 20.3 Å². The Morgan fingerprint density at radius 2 is 1.79 bits per heavy atom. The normalized spacial score (nSPS) is 38.6. The van der Waals surface area contributed by atoms with E-state index in [0.29, 0.717) is 23.3 Å². The molecule has 0 spiro atoms. The molecule has 0 saturated heterocycles. The van der Waals surface area contributed by atoms with Crippen molar-refractivity contribution >= 4 is 5.78 Å². The van der Waals surface area contributed by atoms with Gasteiger partial charge >= 0.3 is 0 Å². The first-order valence-electron chi connectivity index (χ1n) is 15.1. The molecule has 0 bridgehead atoms. The van der Waals surface area contributed by atoms with Crippen LogP contribution in [0.5, 0.6) is 0 Å². The van der Waals surface area contributed by atoms with Crippen LogP contribution in [0.3, 0.4) is 0 Å². The molecule has 4 nitrogen and oxygen atoms in total. The number of fused-ring (bicyclic) bond motifs is 1. The summed E-state index contributed by atoms with van der Waals surface area (Å²) in [5.74, 6) is 1.06. The van der Waals surface area contributed by atoms with Crippen LogP contribution in [0.1, 0.15) is 127 Å². The van der Waals surface area contributed by atoms with Crippen molar-refractivity contribution in [2.75, 3.05) is 6.61 Å². The molecule has 3 aliphatic carbocycles. The molecule has 38 heavy (non-hydrogen) atoms. The van der Waals surface area contributed by atoms with Crippen LogP contribution in [-0.4, -0.2) is 22.6 Å². The van der Waals surface area contributed by atoms with E-state index in [2.05, 4.69) is 54.5 Å². The second-order valence-electron chi connectivity index (χ2n) is 15.3. The molecule has 6 atom stereocenters. The van der Waals surface area contributed by atoms with E-state index in [1.807, 2.05) is 13.0 Å². The zero-order valence-corrected chi connectivity index (χ0v) is 25.8. The molecule has 0 aliphatic heterocycles. The lowest BCUT2D eigenvalue weighted by atomic mass is 9.43. The summed E-state index contributed by atoms with van der Waals surface area (Å²) in [6.07, 6.45) is 12.2. The van der Waals surface area contributed by atoms with E-state index in [4.69, 9.17) is 0 Å². The first-order valence-corrected chi connectivity index (χ1v) is 15.1. The summed E-state index contributed by atoms with van der Waals surface area (Å²) in [6, 6.07) is 2.28. The zero-order chi connectivity index (χ0) is 28.7. The largest absolute Gasteiger partial charge is 0.511 e. The molecule has 3 rings (SSSR count). The van der Waals surface area contributed by atoms with Gasteiger partial charge in [0.2, 0.25) is 0 Å². The maximum Gasteiger partial charge on any atom is 0.152 e. The summed E-state index contributed by atoms with van der Waals surface area (Å²) in [6.45, 7) is 20.6. The van der Waals surface area contributed by atoms with Crippen molar-refractivity contribution in [3.63, 3.8) is 0 Å². The minimum absolute atomic E-state index is 0.0551. The summed E-state index contributed by atoms with van der Waals surface area (Å²) < 4.78 is 0. The molecule has 0 amide bonds. The van der Waals surface area contributed by atoms with Crippen molar-refractivity contribution < 1.29 is 15.0 Å². The lowest BCUT2D eigenvalue weighted by Crippen LogP contribution is -2.52. The van der Waals surface area contributed by atoms with Gasteiger partial charge in [0.15, 0.2) is 5.78 Å². The van der Waals surface area contributed by atoms with E-state index in [1.165, 1.54) is 24.8 Å². The van der Waals surface area contributed by atoms with Crippen LogP contribution in [0.2, 0.25) is 0 Å². The third-order valence-electron chi connectivity index (χ3n) is 12.1. The first kappa shape index (κ1) is 30.9. The predicted molar refractivity (Wildman–Crippen MR) is 155 cm³/mol. The van der Waals surface area contributed by atoms with Crippen LogP contribution in [0.15, 0.2) is 23.0 Å². The number of ketones is 1. The molecule has 1 unspecified atom stereocenters. The van der Waals surface area contributed by atoms with Gasteiger partial charge in [-0.1, -0.05) is 61.0 Å². The minimum atomic E-state index is -0.330. The molecule has 0 radical (unpaired) electrons. The highest BCUT2D eigenvalue weighted by Crippen LogP contribution is 2.67. The average Bonchev–Trinajstić information content (AvgIpc) is 2.82. The second-order valence-corrected chi connectivity index (χ2v) is 15.3. The minimum Gasteiger partial charge on any atom is -0.511 e. The molecule has 2 fully saturated rings. The summed E-state index contributed by atoms with van der Waals surface area (Å²) in [7, 11) is 0. The summed E-state index contributed by atoms with van der Waals surface area (Å²) >= 11 is 0. The number of carbonyl (C=O) groups is 1. The van der Waals surface area contributed by atoms with E-state index >= 15 is 0 Å². The van der Waals surface area contributed by atoms with Gasteiger partial charge in [0, 0.05) is 12.5 Å². The van der Waals surface area contributed by atoms with Crippen LogP contribution in [0.4, 0.5) is 0 Å². The molecule has 4 heteroatoms. The van der Waals surface area contributed by atoms with Crippen molar-refractivity contribution in [2.24, 2.45) is 44.8 Å². The highest BCUT2D eigenvalue weighted by Gasteiger charge is 2.58. The van der Waals surface area contributed by atoms with Crippen LogP contribution in [0.25, 0.3) is 0 Å². The Bertz CT molecular complexity index is 1010. The second kappa shape index (κ2) is 10.8. The number of nitrogens with zero attached hydrogens (tertiary/aromatic N) is 1. The van der Waals surface area contributed by atoms with Gasteiger partial charge in [0.05, 0.1) is 11.6 Å². The van der Waals surface area contributed by atoms with Gasteiger partial charge in [-0.2, -0.15) is 5.26 Å². The highest BCUT2D eigenvalue weighted by atomic mass is 16.3. The quantitative estimate of drug-likeness (QED) is 0.310. The van der Waals surface area contributed by atoms with Gasteiger partial charge in [-0.3, -0.25) is 4.79 Å². The maximum absolute atomic E-state index is 12.7. The Morgan fingerprint density at radius 3 is 2.34 bits per heavy atom. The monoisotopic (exact) mass is 525 g/mol. The molecule has 3 aliphatic rings. The third kappa shape index (κ3) is 5.39. The van der Waals surface area contributed by atoms with Gasteiger partial charge in [0.1, 0.15) is 5.76 Å². The van der Waals surface area contributed by atoms with Crippen LogP contribution in [-0.2, 0) is 4.79 Å². The lowest BCUT2D eigenvalue weighted by Gasteiger charge is -2.61. The maximum atomic E-state index is 12.7. The number of hydrogen-bond acceptors (Lipinski definition) is 4. The van der Waals surface area contributed by atoms with Crippen molar-refractivity contribution in [3.8, 4) is 6.07 Å². The topological polar surface area (TPSA) is 81.3 Å². The van der Waals surface area contributed by atoms with Gasteiger partial charge < -0.3 is 10.2 Å². The summed E-state index contributed by atoms with van der Waals surface area (Å²) in [5.41, 5.74) is 1.72. The fourth-order valence-electron chi connectivity index (χ4n) is 9.12. The van der Waals surface area contributed by atoms with Gasteiger partial charge in [-0.25, -0.2) is 0 Å². The Labute approximate surface area is 233 Å². The highest BCUT2D eigenvalue weighted by molar-refractivity contribution is 5.88. The summed E-state index contributed by atoms with van der Waals surface area (Å²) in [4.78, 5) is 12.7.